The molecule has 1 amide bonds. The Balaban J connectivity index is 1.43. The molecule has 2 heterocycles. The third-order valence-corrected chi connectivity index (χ3v) is 5.27. The number of aromatic nitrogens is 3. The molecule has 1 N–H and O–H groups in total. The number of benzene rings is 2. The molecule has 0 unspecified atom stereocenters. The minimum absolute atomic E-state index is 0.0683. The molecule has 0 fully saturated rings. The number of carbonyl (C=O) groups is 1. The molecule has 0 bridgehead atoms. The minimum atomic E-state index is -0.293. The number of nitrogens with zero attached hydrogens (tertiary/aromatic N) is 3. The van der Waals surface area contributed by atoms with Gasteiger partial charge in [0.2, 0.25) is 0 Å². The van der Waals surface area contributed by atoms with Crippen LogP contribution in [0.4, 0.5) is 6.01 Å². The maximum absolute atomic E-state index is 12.5. The van der Waals surface area contributed by atoms with Gasteiger partial charge in [-0.15, -0.1) is 16.4 Å². The van der Waals surface area contributed by atoms with Crippen molar-refractivity contribution in [2.45, 2.75) is 20.3 Å². The number of anilines is 1. The average molecular weight is 390 g/mol. The zero-order valence-electron chi connectivity index (χ0n) is 15.5. The molecule has 0 saturated heterocycles. The summed E-state index contributed by atoms with van der Waals surface area (Å²) in [5.74, 6) is 0.0651. The molecule has 0 saturated carbocycles. The van der Waals surface area contributed by atoms with Gasteiger partial charge in [-0.25, -0.2) is 4.98 Å². The number of hydrogen-bond donors (Lipinski definition) is 1. The van der Waals surface area contributed by atoms with Crippen molar-refractivity contribution in [2.75, 3.05) is 5.32 Å². The van der Waals surface area contributed by atoms with Crippen LogP contribution in [0.25, 0.3) is 10.8 Å². The molecule has 0 radical (unpaired) electrons. The average Bonchev–Trinajstić information content (AvgIpc) is 3.28. The second kappa shape index (κ2) is 7.74. The van der Waals surface area contributed by atoms with Crippen LogP contribution in [-0.2, 0) is 6.42 Å². The molecule has 0 aliphatic heterocycles. The van der Waals surface area contributed by atoms with Crippen LogP contribution in [0.15, 0.2) is 59.0 Å². The number of hydrogen-bond acceptors (Lipinski definition) is 6. The third kappa shape index (κ3) is 3.99. The normalized spacial score (nSPS) is 10.8. The highest BCUT2D eigenvalue weighted by Gasteiger charge is 2.16. The molecular weight excluding hydrogens is 372 g/mol. The highest BCUT2D eigenvalue weighted by molar-refractivity contribution is 7.15. The smallest absolute Gasteiger partial charge is 0.322 e. The van der Waals surface area contributed by atoms with E-state index >= 15 is 0 Å². The van der Waals surface area contributed by atoms with Crippen molar-refractivity contribution in [1.29, 1.82) is 0 Å². The van der Waals surface area contributed by atoms with Crippen LogP contribution >= 0.6 is 11.3 Å². The van der Waals surface area contributed by atoms with Crippen molar-refractivity contribution in [2.24, 2.45) is 0 Å². The van der Waals surface area contributed by atoms with Crippen LogP contribution < -0.4 is 5.32 Å². The first-order valence-electron chi connectivity index (χ1n) is 8.80. The predicted molar refractivity (Wildman–Crippen MR) is 109 cm³/mol. The molecule has 0 aliphatic carbocycles. The monoisotopic (exact) mass is 390 g/mol. The molecule has 7 heteroatoms. The fraction of sp³-hybridized carbons (Fsp3) is 0.143. The quantitative estimate of drug-likeness (QED) is 0.536. The minimum Gasteiger partial charge on any atom is -0.402 e. The molecule has 4 rings (SSSR count). The fourth-order valence-corrected chi connectivity index (χ4v) is 3.71. The Bertz CT molecular complexity index is 1100. The Kier molecular flexibility index (Phi) is 4.99. The first kappa shape index (κ1) is 18.1. The summed E-state index contributed by atoms with van der Waals surface area (Å²) in [7, 11) is 0. The molecule has 2 aromatic carbocycles. The van der Waals surface area contributed by atoms with Gasteiger partial charge in [0, 0.05) is 5.56 Å². The van der Waals surface area contributed by atoms with E-state index in [1.807, 2.05) is 44.2 Å². The topological polar surface area (TPSA) is 80.9 Å². The van der Waals surface area contributed by atoms with Gasteiger partial charge in [0.1, 0.15) is 4.88 Å². The highest BCUT2D eigenvalue weighted by Crippen LogP contribution is 2.29. The van der Waals surface area contributed by atoms with Gasteiger partial charge in [-0.1, -0.05) is 47.6 Å². The molecule has 2 aromatic heterocycles. The summed E-state index contributed by atoms with van der Waals surface area (Å²) in [6, 6.07) is 17.8. The molecule has 28 heavy (non-hydrogen) atoms. The lowest BCUT2D eigenvalue weighted by Gasteiger charge is -2.04. The van der Waals surface area contributed by atoms with Crippen molar-refractivity contribution < 1.29 is 9.21 Å². The van der Waals surface area contributed by atoms with Crippen LogP contribution in [-0.4, -0.2) is 21.1 Å². The van der Waals surface area contributed by atoms with Crippen molar-refractivity contribution >= 4 is 23.3 Å². The number of rotatable bonds is 5. The predicted octanol–water partition coefficient (Wildman–Crippen LogP) is 4.65. The first-order chi connectivity index (χ1) is 13.6. The van der Waals surface area contributed by atoms with E-state index in [1.165, 1.54) is 16.9 Å². The standard InChI is InChI=1S/C21H18N4O2S/c1-13-18(28-14(2)22-13)20-24-25-21(27-20)23-19(26)17-10-8-16(9-11-17)12-15-6-4-3-5-7-15/h3-11H,12H2,1-2H3,(H,23,25,26). The van der Waals surface area contributed by atoms with E-state index in [0.29, 0.717) is 11.5 Å². The summed E-state index contributed by atoms with van der Waals surface area (Å²) in [4.78, 5) is 17.6. The zero-order chi connectivity index (χ0) is 19.5. The first-order valence-corrected chi connectivity index (χ1v) is 9.62. The number of amides is 1. The van der Waals surface area contributed by atoms with Crippen LogP contribution in [0.2, 0.25) is 0 Å². The Morgan fingerprint density at radius 1 is 1.00 bits per heavy atom. The van der Waals surface area contributed by atoms with E-state index in [0.717, 1.165) is 27.6 Å². The summed E-state index contributed by atoms with van der Waals surface area (Å²) >= 11 is 1.48. The van der Waals surface area contributed by atoms with Gasteiger partial charge in [0.05, 0.1) is 10.7 Å². The van der Waals surface area contributed by atoms with Gasteiger partial charge in [0.25, 0.3) is 11.8 Å². The highest BCUT2D eigenvalue weighted by atomic mass is 32.1. The molecule has 4 aromatic rings. The van der Waals surface area contributed by atoms with E-state index < -0.39 is 0 Å². The van der Waals surface area contributed by atoms with Gasteiger partial charge in [-0.05, 0) is 43.5 Å². The van der Waals surface area contributed by atoms with Crippen LogP contribution in [0.1, 0.15) is 32.2 Å². The summed E-state index contributed by atoms with van der Waals surface area (Å²) in [6.07, 6.45) is 0.823. The number of aryl methyl sites for hydroxylation is 2. The lowest BCUT2D eigenvalue weighted by atomic mass is 10.0. The maximum Gasteiger partial charge on any atom is 0.322 e. The second-order valence-electron chi connectivity index (χ2n) is 6.37. The van der Waals surface area contributed by atoms with Crippen molar-refractivity contribution in [1.82, 2.24) is 15.2 Å². The second-order valence-corrected chi connectivity index (χ2v) is 7.58. The van der Waals surface area contributed by atoms with Crippen LogP contribution in [0.5, 0.6) is 0 Å². The van der Waals surface area contributed by atoms with E-state index in [4.69, 9.17) is 4.42 Å². The van der Waals surface area contributed by atoms with Crippen molar-refractivity contribution in [3.63, 3.8) is 0 Å². The number of carbonyl (C=O) groups excluding carboxylic acids is 1. The SMILES string of the molecule is Cc1nc(C)c(-c2nnc(NC(=O)c3ccc(Cc4ccccc4)cc3)o2)s1. The molecule has 0 atom stereocenters. The third-order valence-electron chi connectivity index (χ3n) is 4.21. The summed E-state index contributed by atoms with van der Waals surface area (Å²) in [5, 5.41) is 11.5. The summed E-state index contributed by atoms with van der Waals surface area (Å²) in [6.45, 7) is 3.81. The van der Waals surface area contributed by atoms with E-state index in [2.05, 4.69) is 32.6 Å². The lowest BCUT2D eigenvalue weighted by Crippen LogP contribution is -2.12. The van der Waals surface area contributed by atoms with Gasteiger partial charge in [0.15, 0.2) is 0 Å². The van der Waals surface area contributed by atoms with Crippen molar-refractivity contribution in [3.05, 3.63) is 82.0 Å². The van der Waals surface area contributed by atoms with E-state index in [-0.39, 0.29) is 11.9 Å². The van der Waals surface area contributed by atoms with E-state index in [9.17, 15) is 4.79 Å². The van der Waals surface area contributed by atoms with Gasteiger partial charge in [-0.2, -0.15) is 0 Å². The van der Waals surface area contributed by atoms with Gasteiger partial charge >= 0.3 is 6.01 Å². The lowest BCUT2D eigenvalue weighted by molar-refractivity contribution is 0.102. The Hall–Kier alpha value is -3.32. The molecular formula is C21H18N4O2S. The van der Waals surface area contributed by atoms with Crippen molar-refractivity contribution in [3.8, 4) is 10.8 Å². The van der Waals surface area contributed by atoms with Crippen LogP contribution in [0.3, 0.4) is 0 Å². The summed E-state index contributed by atoms with van der Waals surface area (Å²) < 4.78 is 5.57. The maximum atomic E-state index is 12.5. The van der Waals surface area contributed by atoms with Gasteiger partial charge in [-0.3, -0.25) is 10.1 Å². The molecule has 0 aliphatic rings. The largest absolute Gasteiger partial charge is 0.402 e. The fourth-order valence-electron chi connectivity index (χ4n) is 2.87. The van der Waals surface area contributed by atoms with E-state index in [1.54, 1.807) is 12.1 Å². The molecule has 140 valence electrons. The number of thiazole rings is 1. The summed E-state index contributed by atoms with van der Waals surface area (Å²) in [5.41, 5.74) is 3.73. The zero-order valence-corrected chi connectivity index (χ0v) is 16.3. The van der Waals surface area contributed by atoms with Crippen LogP contribution in [0, 0.1) is 13.8 Å². The Morgan fingerprint density at radius 3 is 2.39 bits per heavy atom. The Morgan fingerprint density at radius 2 is 1.71 bits per heavy atom. The Labute approximate surface area is 166 Å². The molecule has 0 spiro atoms. The van der Waals surface area contributed by atoms with Gasteiger partial charge < -0.3 is 4.42 Å². The molecule has 6 nitrogen and oxygen atoms in total. The number of nitrogens with one attached hydrogen (secondary N) is 1.